The summed E-state index contributed by atoms with van der Waals surface area (Å²) in [4.78, 5) is 24.2. The van der Waals surface area contributed by atoms with E-state index >= 15 is 0 Å². The molecule has 10 heteroatoms. The zero-order valence-electron chi connectivity index (χ0n) is 22.9. The number of carboxylic acids is 1. The number of benzene rings is 3. The number of carboxylic acid groups (broad SMARTS) is 1. The van der Waals surface area contributed by atoms with Gasteiger partial charge in [0, 0.05) is 12.6 Å². The normalized spacial score (nSPS) is 11.6. The fourth-order valence-electron chi connectivity index (χ4n) is 4.44. The average Bonchev–Trinajstić information content (AvgIpc) is 3.46. The van der Waals surface area contributed by atoms with Gasteiger partial charge in [0.2, 0.25) is 0 Å². The van der Waals surface area contributed by atoms with Crippen molar-refractivity contribution in [1.82, 2.24) is 14.9 Å². The molecule has 5 rings (SSSR count). The Hall–Kier alpha value is -5.38. The van der Waals surface area contributed by atoms with Crippen molar-refractivity contribution in [2.45, 2.75) is 26.9 Å². The van der Waals surface area contributed by atoms with Crippen LogP contribution in [0.4, 0.5) is 10.5 Å². The first-order chi connectivity index (χ1) is 19.7. The number of aromatic carboxylic acids is 1. The number of anilines is 1. The molecule has 0 saturated carbocycles. The molecule has 5 aromatic rings. The van der Waals surface area contributed by atoms with Gasteiger partial charge in [-0.2, -0.15) is 5.10 Å². The zero-order valence-corrected chi connectivity index (χ0v) is 22.9. The monoisotopic (exact) mass is 552 g/mol. The summed E-state index contributed by atoms with van der Waals surface area (Å²) in [6.07, 6.45) is -1.03. The molecule has 0 spiro atoms. The highest BCUT2D eigenvalue weighted by Gasteiger charge is 2.22. The van der Waals surface area contributed by atoms with E-state index < -0.39 is 18.2 Å². The quantitative estimate of drug-likeness (QED) is 0.207. The van der Waals surface area contributed by atoms with E-state index in [9.17, 15) is 14.7 Å². The highest BCUT2D eigenvalue weighted by Crippen LogP contribution is 2.34. The Balaban J connectivity index is 1.29. The van der Waals surface area contributed by atoms with Crippen molar-refractivity contribution < 1.29 is 28.7 Å². The van der Waals surface area contributed by atoms with Crippen molar-refractivity contribution in [2.75, 3.05) is 5.32 Å². The fraction of sp³-hybridized carbons (Fsp3) is 0.161. The molecule has 10 nitrogen and oxygen atoms in total. The third-order valence-electron chi connectivity index (χ3n) is 6.57. The molecule has 41 heavy (non-hydrogen) atoms. The van der Waals surface area contributed by atoms with Crippen molar-refractivity contribution in [3.8, 4) is 33.9 Å². The van der Waals surface area contributed by atoms with Crippen molar-refractivity contribution in [2.24, 2.45) is 7.05 Å². The van der Waals surface area contributed by atoms with Crippen LogP contribution in [0.2, 0.25) is 0 Å². The maximum absolute atomic E-state index is 12.6. The van der Waals surface area contributed by atoms with E-state index in [1.165, 1.54) is 4.68 Å². The van der Waals surface area contributed by atoms with Crippen molar-refractivity contribution in [3.05, 3.63) is 102 Å². The van der Waals surface area contributed by atoms with Crippen LogP contribution in [0.25, 0.3) is 22.5 Å². The van der Waals surface area contributed by atoms with E-state index in [0.717, 1.165) is 22.3 Å². The van der Waals surface area contributed by atoms with Gasteiger partial charge >= 0.3 is 12.1 Å². The summed E-state index contributed by atoms with van der Waals surface area (Å²) in [6, 6.07) is 24.4. The van der Waals surface area contributed by atoms with E-state index in [1.54, 1.807) is 40.0 Å². The van der Waals surface area contributed by atoms with Crippen LogP contribution in [-0.4, -0.2) is 32.1 Å². The highest BCUT2D eigenvalue weighted by atomic mass is 16.6. The molecule has 0 unspecified atom stereocenters. The number of nitrogens with one attached hydrogen (secondary N) is 1. The minimum atomic E-state index is -1.11. The molecular formula is C31H28N4O6. The number of hydrogen-bond acceptors (Lipinski definition) is 7. The maximum atomic E-state index is 12.6. The number of hydrogen-bond donors (Lipinski definition) is 2. The summed E-state index contributed by atoms with van der Waals surface area (Å²) >= 11 is 0. The summed E-state index contributed by atoms with van der Waals surface area (Å²) in [7, 11) is 1.56. The minimum absolute atomic E-state index is 0.0161. The first kappa shape index (κ1) is 27.2. The van der Waals surface area contributed by atoms with Gasteiger partial charge in [0.25, 0.3) is 0 Å². The lowest BCUT2D eigenvalue weighted by atomic mass is 10.0. The highest BCUT2D eigenvalue weighted by molar-refractivity contribution is 5.91. The standard InChI is InChI=1S/C31H28N4O6/c1-18-26(32-31(38)39-20(3)21-8-6-5-7-9-21)29(41-34-18)24-12-10-22(11-13-24)23-14-16-25(17-15-23)40-28-19(2)33-35(4)27(28)30(36)37/h5-17,20H,1-4H3,(H,32,38)(H,36,37)/t20-/m1/s1. The Bertz CT molecular complexity index is 1690. The number of amides is 1. The van der Waals surface area contributed by atoms with Crippen LogP contribution in [0.3, 0.4) is 0 Å². The molecule has 0 saturated heterocycles. The van der Waals surface area contributed by atoms with E-state index in [4.69, 9.17) is 14.0 Å². The van der Waals surface area contributed by atoms with E-state index in [-0.39, 0.29) is 11.4 Å². The molecule has 0 aliphatic carbocycles. The predicted octanol–water partition coefficient (Wildman–Crippen LogP) is 7.16. The molecule has 1 amide bonds. The van der Waals surface area contributed by atoms with Gasteiger partial charge in [0.15, 0.2) is 17.2 Å². The Morgan fingerprint density at radius 1 is 0.902 bits per heavy atom. The number of ether oxygens (including phenoxy) is 2. The van der Waals surface area contributed by atoms with E-state index in [2.05, 4.69) is 15.6 Å². The van der Waals surface area contributed by atoms with Crippen LogP contribution in [0, 0.1) is 13.8 Å². The summed E-state index contributed by atoms with van der Waals surface area (Å²) in [5.41, 5.74) is 4.92. The van der Waals surface area contributed by atoms with Gasteiger partial charge in [-0.25, -0.2) is 9.59 Å². The molecule has 2 N–H and O–H groups in total. The Labute approximate surface area is 236 Å². The second-order valence-electron chi connectivity index (χ2n) is 9.45. The molecule has 1 atom stereocenters. The van der Waals surface area contributed by atoms with Gasteiger partial charge in [-0.3, -0.25) is 10.00 Å². The number of carbonyl (C=O) groups excluding carboxylic acids is 1. The van der Waals surface area contributed by atoms with Gasteiger partial charge < -0.3 is 19.1 Å². The smallest absolute Gasteiger partial charge is 0.412 e. The van der Waals surface area contributed by atoms with E-state index in [1.807, 2.05) is 66.7 Å². The van der Waals surface area contributed by atoms with Crippen molar-refractivity contribution in [1.29, 1.82) is 0 Å². The minimum Gasteiger partial charge on any atom is -0.476 e. The lowest BCUT2D eigenvalue weighted by Crippen LogP contribution is -2.16. The average molecular weight is 553 g/mol. The number of carbonyl (C=O) groups is 2. The summed E-state index contributed by atoms with van der Waals surface area (Å²) < 4.78 is 18.2. The molecule has 0 aliphatic heterocycles. The molecule has 0 radical (unpaired) electrons. The van der Waals surface area contributed by atoms with Gasteiger partial charge in [0.1, 0.15) is 28.9 Å². The van der Waals surface area contributed by atoms with Gasteiger partial charge in [-0.1, -0.05) is 71.9 Å². The number of nitrogens with zero attached hydrogens (tertiary/aromatic N) is 3. The molecule has 0 bridgehead atoms. The van der Waals surface area contributed by atoms with Gasteiger partial charge in [0.05, 0.1) is 0 Å². The summed E-state index contributed by atoms with van der Waals surface area (Å²) in [5, 5.41) is 20.4. The van der Waals surface area contributed by atoms with Crippen LogP contribution in [0.5, 0.6) is 11.5 Å². The number of aromatic nitrogens is 3. The van der Waals surface area contributed by atoms with Crippen LogP contribution in [0.1, 0.15) is 40.5 Å². The van der Waals surface area contributed by atoms with Crippen LogP contribution >= 0.6 is 0 Å². The third kappa shape index (κ3) is 5.81. The van der Waals surface area contributed by atoms with Crippen LogP contribution in [-0.2, 0) is 11.8 Å². The topological polar surface area (TPSA) is 129 Å². The maximum Gasteiger partial charge on any atom is 0.412 e. The van der Waals surface area contributed by atoms with Crippen LogP contribution < -0.4 is 10.1 Å². The third-order valence-corrected chi connectivity index (χ3v) is 6.57. The van der Waals surface area contributed by atoms with Gasteiger partial charge in [-0.15, -0.1) is 0 Å². The van der Waals surface area contributed by atoms with Crippen LogP contribution in [0.15, 0.2) is 83.4 Å². The van der Waals surface area contributed by atoms with Gasteiger partial charge in [-0.05, 0) is 49.6 Å². The first-order valence-electron chi connectivity index (χ1n) is 12.9. The molecule has 0 fully saturated rings. The number of aryl methyl sites for hydroxylation is 3. The molecular weight excluding hydrogens is 524 g/mol. The molecule has 2 aromatic heterocycles. The first-order valence-corrected chi connectivity index (χ1v) is 12.9. The zero-order chi connectivity index (χ0) is 29.1. The molecule has 3 aromatic carbocycles. The molecule has 0 aliphatic rings. The van der Waals surface area contributed by atoms with Crippen molar-refractivity contribution >= 4 is 17.7 Å². The van der Waals surface area contributed by atoms with Crippen molar-refractivity contribution in [3.63, 3.8) is 0 Å². The lowest BCUT2D eigenvalue weighted by Gasteiger charge is -2.14. The predicted molar refractivity (Wildman–Crippen MR) is 152 cm³/mol. The largest absolute Gasteiger partial charge is 0.476 e. The SMILES string of the molecule is Cc1noc(-c2ccc(-c3ccc(Oc4c(C)nn(C)c4C(=O)O)cc3)cc2)c1NC(=O)O[C@H](C)c1ccccc1. The van der Waals surface area contributed by atoms with E-state index in [0.29, 0.717) is 28.6 Å². The second kappa shape index (κ2) is 11.4. The lowest BCUT2D eigenvalue weighted by molar-refractivity contribution is 0.0682. The summed E-state index contributed by atoms with van der Waals surface area (Å²) in [5.74, 6) is 0.00880. The fourth-order valence-corrected chi connectivity index (χ4v) is 4.44. The molecule has 208 valence electrons. The molecule has 2 heterocycles. The number of rotatable bonds is 8. The Kier molecular flexibility index (Phi) is 7.55. The second-order valence-corrected chi connectivity index (χ2v) is 9.45. The summed E-state index contributed by atoms with van der Waals surface area (Å²) in [6.45, 7) is 5.25. The Morgan fingerprint density at radius 3 is 2.15 bits per heavy atom. The Morgan fingerprint density at radius 2 is 1.51 bits per heavy atom.